The lowest BCUT2D eigenvalue weighted by atomic mass is 9.98. The normalized spacial score (nSPS) is 32.3. The van der Waals surface area contributed by atoms with Crippen LogP contribution in [0.25, 0.3) is 0 Å². The molecule has 1 aromatic carbocycles. The van der Waals surface area contributed by atoms with E-state index in [0.717, 1.165) is 23.8 Å². The van der Waals surface area contributed by atoms with E-state index >= 15 is 4.39 Å². The number of phosphoric acid groups is 1. The van der Waals surface area contributed by atoms with Crippen molar-refractivity contribution in [2.45, 2.75) is 43.6 Å². The summed E-state index contributed by atoms with van der Waals surface area (Å²) < 4.78 is 57.0. The van der Waals surface area contributed by atoms with Gasteiger partial charge in [-0.15, -0.1) is 0 Å². The van der Waals surface area contributed by atoms with E-state index in [1.807, 2.05) is 4.98 Å². The van der Waals surface area contributed by atoms with Crippen molar-refractivity contribution in [1.82, 2.24) is 9.55 Å². The Bertz CT molecular complexity index is 1290. The van der Waals surface area contributed by atoms with Gasteiger partial charge in [0.25, 0.3) is 5.56 Å². The quantitative estimate of drug-likeness (QED) is 0.387. The average Bonchev–Trinajstić information content (AvgIpc) is 3.07. The first kappa shape index (κ1) is 26.7. The van der Waals surface area contributed by atoms with Crippen molar-refractivity contribution < 1.29 is 36.8 Å². The van der Waals surface area contributed by atoms with Crippen LogP contribution >= 0.6 is 19.4 Å². The number of benzene rings is 1. The minimum absolute atomic E-state index is 0.0434. The zero-order valence-corrected chi connectivity index (χ0v) is 20.7. The van der Waals surface area contributed by atoms with Crippen LogP contribution in [0.2, 0.25) is 5.02 Å². The third-order valence-corrected chi connectivity index (χ3v) is 7.42. The number of carbonyl (C=O) groups excluding carboxylic acids is 1. The molecule has 3 heterocycles. The molecule has 0 bridgehead atoms. The van der Waals surface area contributed by atoms with E-state index in [4.69, 9.17) is 40.4 Å². The second-order valence-electron chi connectivity index (χ2n) is 8.32. The minimum Gasteiger partial charge on any atom is -0.455 e. The lowest BCUT2D eigenvalue weighted by Crippen LogP contribution is -2.46. The van der Waals surface area contributed by atoms with Crippen LogP contribution in [0.1, 0.15) is 31.2 Å². The average molecular weight is 548 g/mol. The van der Waals surface area contributed by atoms with Gasteiger partial charge in [-0.25, -0.2) is 13.8 Å². The largest absolute Gasteiger partial charge is 0.475 e. The number of rotatable bonds is 7. The molecule has 4 rings (SSSR count). The number of hydrogen-bond acceptors (Lipinski definition) is 10. The van der Waals surface area contributed by atoms with Gasteiger partial charge < -0.3 is 15.2 Å². The highest BCUT2D eigenvalue weighted by Gasteiger charge is 2.58. The van der Waals surface area contributed by atoms with E-state index < -0.39 is 68.4 Å². The molecule has 2 aliphatic rings. The van der Waals surface area contributed by atoms with E-state index in [1.165, 1.54) is 0 Å². The fourth-order valence-electron chi connectivity index (χ4n) is 4.01. The fourth-order valence-corrected chi connectivity index (χ4v) is 5.60. The van der Waals surface area contributed by atoms with Crippen LogP contribution in [0.4, 0.5) is 4.39 Å². The molecule has 0 amide bonds. The molecule has 36 heavy (non-hydrogen) atoms. The Hall–Kier alpha value is -2.38. The molecule has 2 aliphatic heterocycles. The fraction of sp³-hybridized carbons (Fsp3) is 0.476. The highest BCUT2D eigenvalue weighted by atomic mass is 35.5. The number of ether oxygens (including phenoxy) is 2. The topological polar surface area (TPSA) is 161 Å². The number of alkyl halides is 1. The number of nitrogens with one attached hydrogen (secondary N) is 1. The first-order valence-corrected chi connectivity index (χ1v) is 12.7. The molecule has 2 aromatic rings. The van der Waals surface area contributed by atoms with Gasteiger partial charge in [0.1, 0.15) is 6.10 Å². The first-order valence-electron chi connectivity index (χ1n) is 10.9. The first-order chi connectivity index (χ1) is 17.0. The Morgan fingerprint density at radius 3 is 2.86 bits per heavy atom. The van der Waals surface area contributed by atoms with Gasteiger partial charge in [0, 0.05) is 23.7 Å². The Kier molecular flexibility index (Phi) is 7.81. The molecule has 0 spiro atoms. The molecule has 0 saturated carbocycles. The van der Waals surface area contributed by atoms with Crippen LogP contribution in [0.3, 0.4) is 0 Å². The molecule has 6 atom stereocenters. The van der Waals surface area contributed by atoms with Crippen LogP contribution < -0.4 is 17.0 Å². The number of H-pyrrole nitrogens is 1. The Morgan fingerprint density at radius 2 is 2.17 bits per heavy atom. The van der Waals surface area contributed by atoms with Gasteiger partial charge in [0.15, 0.2) is 18.0 Å². The summed E-state index contributed by atoms with van der Waals surface area (Å²) in [5.74, 6) is -0.940. The summed E-state index contributed by atoms with van der Waals surface area (Å²) in [5, 5.41) is 0.466. The molecule has 196 valence electrons. The third kappa shape index (κ3) is 5.62. The van der Waals surface area contributed by atoms with E-state index in [0.29, 0.717) is 17.0 Å². The number of hydrogen-bond donors (Lipinski definition) is 2. The maximum Gasteiger partial charge on any atom is 0.475 e. The van der Waals surface area contributed by atoms with E-state index in [1.54, 1.807) is 24.3 Å². The molecule has 12 nitrogen and oxygen atoms in total. The zero-order chi connectivity index (χ0) is 26.1. The van der Waals surface area contributed by atoms with Crippen LogP contribution in [-0.2, 0) is 32.4 Å². The predicted octanol–water partition coefficient (Wildman–Crippen LogP) is 1.99. The van der Waals surface area contributed by atoms with Crippen molar-refractivity contribution in [2.75, 3.05) is 19.8 Å². The molecule has 1 aromatic heterocycles. The summed E-state index contributed by atoms with van der Waals surface area (Å²) in [6, 6.07) is 7.80. The van der Waals surface area contributed by atoms with Gasteiger partial charge in [-0.3, -0.25) is 32.7 Å². The lowest BCUT2D eigenvalue weighted by molar-refractivity contribution is -0.156. The highest BCUT2D eigenvalue weighted by Crippen LogP contribution is 2.57. The van der Waals surface area contributed by atoms with Crippen molar-refractivity contribution in [3.63, 3.8) is 0 Å². The summed E-state index contributed by atoms with van der Waals surface area (Å²) in [7, 11) is -4.15. The van der Waals surface area contributed by atoms with Crippen molar-refractivity contribution in [2.24, 2.45) is 5.73 Å². The summed E-state index contributed by atoms with van der Waals surface area (Å²) in [6.07, 6.45) is -3.80. The van der Waals surface area contributed by atoms with Gasteiger partial charge in [0.05, 0.1) is 25.9 Å². The summed E-state index contributed by atoms with van der Waals surface area (Å²) in [5.41, 5.74) is 1.85. The van der Waals surface area contributed by atoms with Crippen molar-refractivity contribution in [1.29, 1.82) is 0 Å². The molecular weight excluding hydrogens is 524 g/mol. The number of carbonyl (C=O) groups is 1. The Labute approximate surface area is 209 Å². The maximum atomic E-state index is 15.9. The highest BCUT2D eigenvalue weighted by molar-refractivity contribution is 7.48. The van der Waals surface area contributed by atoms with Crippen molar-refractivity contribution in [3.05, 3.63) is 68.0 Å². The number of nitrogens with two attached hydrogens (primary N) is 1. The molecule has 2 saturated heterocycles. The number of aromatic amines is 1. The lowest BCUT2D eigenvalue weighted by Gasteiger charge is -2.30. The van der Waals surface area contributed by atoms with Gasteiger partial charge >= 0.3 is 19.5 Å². The maximum absolute atomic E-state index is 15.9. The molecule has 3 N–H and O–H groups in total. The molecule has 15 heteroatoms. The van der Waals surface area contributed by atoms with Gasteiger partial charge in [0.2, 0.25) is 0 Å². The molecule has 0 radical (unpaired) electrons. The van der Waals surface area contributed by atoms with Crippen LogP contribution in [0.15, 0.2) is 46.1 Å². The zero-order valence-electron chi connectivity index (χ0n) is 19.0. The van der Waals surface area contributed by atoms with E-state index in [2.05, 4.69) is 0 Å². The summed E-state index contributed by atoms with van der Waals surface area (Å²) in [6.45, 7) is -0.0397. The number of phosphoric ester groups is 1. The number of halogens is 2. The SMILES string of the molecule is C[C@@]1(F)[C@H](OC(=O)CN)[C@@H](CO[P@@]2(=O)OCC[C@@H](c3cccc(Cl)c3)O2)O[C@H]1n1ccc(=O)[nH]c1=O. The number of esters is 1. The second-order valence-corrected chi connectivity index (χ2v) is 10.4. The van der Waals surface area contributed by atoms with Gasteiger partial charge in [-0.05, 0) is 24.6 Å². The molecule has 0 aliphatic carbocycles. The number of aromatic nitrogens is 2. The predicted molar refractivity (Wildman–Crippen MR) is 123 cm³/mol. The smallest absolute Gasteiger partial charge is 0.455 e. The second kappa shape index (κ2) is 10.5. The van der Waals surface area contributed by atoms with Gasteiger partial charge in [-0.2, -0.15) is 0 Å². The van der Waals surface area contributed by atoms with E-state index in [-0.39, 0.29) is 6.61 Å². The van der Waals surface area contributed by atoms with Crippen LogP contribution in [-0.4, -0.2) is 53.2 Å². The standard InChI is InChI=1S/C21H24ClFN3O9P/c1-21(23)18(34-17(28)10-24)15(33-19(21)26-7-5-16(27)25-20(26)29)11-32-36(30)31-8-6-14(35-36)12-3-2-4-13(22)9-12/h2-5,7,9,14-15,18-19H,6,8,10-11,24H2,1H3,(H,25,27,29)/t14-,15+,18+,19+,21+,36+/m0/s1. The molecule has 0 unspecified atom stereocenters. The Morgan fingerprint density at radius 1 is 1.39 bits per heavy atom. The Balaban J connectivity index is 1.54. The monoisotopic (exact) mass is 547 g/mol. The van der Waals surface area contributed by atoms with Gasteiger partial charge in [-0.1, -0.05) is 23.7 Å². The van der Waals surface area contributed by atoms with Crippen LogP contribution in [0.5, 0.6) is 0 Å². The molecular formula is C21H24ClFN3O9P. The third-order valence-electron chi connectivity index (χ3n) is 5.71. The molecule has 2 fully saturated rings. The summed E-state index contributed by atoms with van der Waals surface area (Å²) in [4.78, 5) is 37.6. The summed E-state index contributed by atoms with van der Waals surface area (Å²) >= 11 is 6.03. The van der Waals surface area contributed by atoms with Crippen molar-refractivity contribution in [3.8, 4) is 0 Å². The van der Waals surface area contributed by atoms with Crippen molar-refractivity contribution >= 4 is 25.4 Å². The number of nitrogens with zero attached hydrogens (tertiary/aromatic N) is 1. The van der Waals surface area contributed by atoms with Crippen LogP contribution in [0, 0.1) is 0 Å². The minimum atomic E-state index is -4.15. The van der Waals surface area contributed by atoms with E-state index in [9.17, 15) is 18.9 Å².